The Hall–Kier alpha value is -2.68. The van der Waals surface area contributed by atoms with E-state index in [1.54, 1.807) is 6.92 Å². The molecule has 23 heavy (non-hydrogen) atoms. The Bertz CT molecular complexity index is 1040. The molecule has 0 unspecified atom stereocenters. The summed E-state index contributed by atoms with van der Waals surface area (Å²) in [5.74, 6) is -0.685. The van der Waals surface area contributed by atoms with Gasteiger partial charge >= 0.3 is 0 Å². The van der Waals surface area contributed by atoms with Gasteiger partial charge in [0, 0.05) is 12.7 Å². The van der Waals surface area contributed by atoms with Crippen LogP contribution in [0, 0.1) is 5.82 Å². The first-order valence-corrected chi connectivity index (χ1v) is 8.26. The zero-order valence-electron chi connectivity index (χ0n) is 12.1. The van der Waals surface area contributed by atoms with Gasteiger partial charge in [-0.2, -0.15) is 5.10 Å². The van der Waals surface area contributed by atoms with Crippen LogP contribution in [-0.4, -0.2) is 22.6 Å². The fourth-order valence-electron chi connectivity index (χ4n) is 2.14. The van der Waals surface area contributed by atoms with Crippen molar-refractivity contribution in [3.05, 3.63) is 59.0 Å². The quantitative estimate of drug-likeness (QED) is 0.781. The molecule has 0 radical (unpaired) electrons. The third-order valence-corrected chi connectivity index (χ3v) is 4.65. The smallest absolute Gasteiger partial charge is 0.291 e. The predicted molar refractivity (Wildman–Crippen MR) is 82.3 cm³/mol. The molecule has 0 saturated carbocycles. The molecule has 0 bridgehead atoms. The number of rotatable bonds is 4. The molecule has 120 valence electrons. The number of hydrogen-bond acceptors (Lipinski definition) is 4. The van der Waals surface area contributed by atoms with Crippen molar-refractivity contribution < 1.29 is 12.8 Å². The van der Waals surface area contributed by atoms with Crippen LogP contribution in [0.5, 0.6) is 0 Å². The van der Waals surface area contributed by atoms with E-state index >= 15 is 0 Å². The molecule has 0 amide bonds. The molecule has 7 nitrogen and oxygen atoms in total. The molecule has 2 aromatic heterocycles. The van der Waals surface area contributed by atoms with Crippen molar-refractivity contribution in [2.24, 2.45) is 0 Å². The Labute approximate surface area is 131 Å². The average molecular weight is 336 g/mol. The number of para-hydroxylation sites is 1. The van der Waals surface area contributed by atoms with Crippen molar-refractivity contribution in [3.63, 3.8) is 0 Å². The second kappa shape index (κ2) is 5.51. The van der Waals surface area contributed by atoms with Crippen molar-refractivity contribution in [1.29, 1.82) is 0 Å². The lowest BCUT2D eigenvalue weighted by atomic mass is 10.3. The lowest BCUT2D eigenvalue weighted by Gasteiger charge is -2.06. The average Bonchev–Trinajstić information content (AvgIpc) is 2.96. The van der Waals surface area contributed by atoms with Crippen LogP contribution >= 0.6 is 0 Å². The third-order valence-electron chi connectivity index (χ3n) is 3.32. The Morgan fingerprint density at radius 3 is 2.74 bits per heavy atom. The molecule has 2 heterocycles. The number of fused-ring (bicyclic) bond motifs is 1. The van der Waals surface area contributed by atoms with Gasteiger partial charge in [0.2, 0.25) is 0 Å². The van der Waals surface area contributed by atoms with E-state index in [4.69, 9.17) is 0 Å². The van der Waals surface area contributed by atoms with E-state index in [2.05, 4.69) is 9.82 Å². The molecule has 0 aliphatic rings. The van der Waals surface area contributed by atoms with Crippen LogP contribution < -0.4 is 10.3 Å². The fourth-order valence-corrected chi connectivity index (χ4v) is 3.24. The molecular weight excluding hydrogens is 323 g/mol. The lowest BCUT2D eigenvalue weighted by Crippen LogP contribution is -2.23. The number of aryl methyl sites for hydroxylation is 1. The van der Waals surface area contributed by atoms with E-state index in [0.717, 1.165) is 6.07 Å². The van der Waals surface area contributed by atoms with Crippen molar-refractivity contribution in [2.45, 2.75) is 18.4 Å². The Kier molecular flexibility index (Phi) is 3.64. The van der Waals surface area contributed by atoms with Gasteiger partial charge in [-0.15, -0.1) is 0 Å². The standard InChI is InChI=1S/C14H13FN4O3S/c1-2-19-14(20)13-7-10(8-18(13)9-16-19)23(21,22)17-12-6-4-3-5-11(12)15/h3-9,17H,2H2,1H3. The molecule has 0 aliphatic heterocycles. The summed E-state index contributed by atoms with van der Waals surface area (Å²) < 4.78 is 43.1. The van der Waals surface area contributed by atoms with E-state index in [1.807, 2.05) is 0 Å². The number of anilines is 1. The van der Waals surface area contributed by atoms with Gasteiger partial charge in [0.25, 0.3) is 15.6 Å². The highest BCUT2D eigenvalue weighted by atomic mass is 32.2. The monoisotopic (exact) mass is 336 g/mol. The van der Waals surface area contributed by atoms with Crippen molar-refractivity contribution in [2.75, 3.05) is 4.72 Å². The zero-order chi connectivity index (χ0) is 16.6. The minimum absolute atomic E-state index is 0.145. The van der Waals surface area contributed by atoms with Crippen LogP contribution in [-0.2, 0) is 16.6 Å². The molecule has 9 heteroatoms. The molecule has 0 atom stereocenters. The zero-order valence-corrected chi connectivity index (χ0v) is 12.9. The first-order chi connectivity index (χ1) is 10.9. The van der Waals surface area contributed by atoms with Crippen LogP contribution in [0.4, 0.5) is 10.1 Å². The highest BCUT2D eigenvalue weighted by molar-refractivity contribution is 7.92. The highest BCUT2D eigenvalue weighted by Gasteiger charge is 2.19. The number of benzene rings is 1. The topological polar surface area (TPSA) is 85.5 Å². The number of halogens is 1. The summed E-state index contributed by atoms with van der Waals surface area (Å²) in [6, 6.07) is 6.67. The van der Waals surface area contributed by atoms with Gasteiger partial charge in [-0.05, 0) is 25.1 Å². The van der Waals surface area contributed by atoms with Gasteiger partial charge in [-0.1, -0.05) is 12.1 Å². The van der Waals surface area contributed by atoms with Crippen LogP contribution in [0.1, 0.15) is 6.92 Å². The van der Waals surface area contributed by atoms with E-state index in [0.29, 0.717) is 6.54 Å². The summed E-state index contributed by atoms with van der Waals surface area (Å²) >= 11 is 0. The summed E-state index contributed by atoms with van der Waals surface area (Å²) in [5, 5.41) is 3.91. The van der Waals surface area contributed by atoms with Gasteiger partial charge < -0.3 is 0 Å². The molecule has 3 rings (SSSR count). The molecule has 0 aliphatic carbocycles. The maximum atomic E-state index is 13.6. The lowest BCUT2D eigenvalue weighted by molar-refractivity contribution is 0.598. The molecule has 1 aromatic carbocycles. The molecule has 1 N–H and O–H groups in total. The summed E-state index contributed by atoms with van der Waals surface area (Å²) in [4.78, 5) is 12.0. The van der Waals surface area contributed by atoms with Crippen molar-refractivity contribution >= 4 is 21.2 Å². The van der Waals surface area contributed by atoms with Crippen molar-refractivity contribution in [3.8, 4) is 0 Å². The van der Waals surface area contributed by atoms with Crippen LogP contribution in [0.15, 0.2) is 52.5 Å². The van der Waals surface area contributed by atoms with Gasteiger partial charge in [-0.25, -0.2) is 17.5 Å². The Morgan fingerprint density at radius 1 is 1.30 bits per heavy atom. The molecule has 0 spiro atoms. The maximum Gasteiger partial charge on any atom is 0.291 e. The Morgan fingerprint density at radius 2 is 2.04 bits per heavy atom. The van der Waals surface area contributed by atoms with Crippen LogP contribution in [0.25, 0.3) is 5.52 Å². The summed E-state index contributed by atoms with van der Waals surface area (Å²) in [7, 11) is -4.02. The minimum atomic E-state index is -4.02. The van der Waals surface area contributed by atoms with Crippen molar-refractivity contribution in [1.82, 2.24) is 14.2 Å². The van der Waals surface area contributed by atoms with Gasteiger partial charge in [0.1, 0.15) is 22.6 Å². The highest BCUT2D eigenvalue weighted by Crippen LogP contribution is 2.19. The number of nitrogens with zero attached hydrogens (tertiary/aromatic N) is 3. The summed E-state index contributed by atoms with van der Waals surface area (Å²) in [6.45, 7) is 2.13. The van der Waals surface area contributed by atoms with E-state index < -0.39 is 21.4 Å². The number of sulfonamides is 1. The third kappa shape index (κ3) is 2.70. The second-order valence-corrected chi connectivity index (χ2v) is 6.49. The number of hydrogen-bond donors (Lipinski definition) is 1. The van der Waals surface area contributed by atoms with E-state index in [1.165, 1.54) is 45.9 Å². The van der Waals surface area contributed by atoms with Gasteiger partial charge in [-0.3, -0.25) is 13.9 Å². The summed E-state index contributed by atoms with van der Waals surface area (Å²) in [6.07, 6.45) is 2.61. The van der Waals surface area contributed by atoms with E-state index in [9.17, 15) is 17.6 Å². The number of nitrogens with one attached hydrogen (secondary N) is 1. The molecule has 3 aromatic rings. The number of aromatic nitrogens is 3. The molecular formula is C14H13FN4O3S. The van der Waals surface area contributed by atoms with Gasteiger partial charge in [0.15, 0.2) is 0 Å². The normalized spacial score (nSPS) is 11.7. The Balaban J connectivity index is 2.07. The summed E-state index contributed by atoms with van der Waals surface area (Å²) in [5.41, 5.74) is -0.384. The minimum Gasteiger partial charge on any atom is -0.300 e. The van der Waals surface area contributed by atoms with Crippen LogP contribution in [0.2, 0.25) is 0 Å². The van der Waals surface area contributed by atoms with Crippen LogP contribution in [0.3, 0.4) is 0 Å². The predicted octanol–water partition coefficient (Wildman–Crippen LogP) is 1.46. The fraction of sp³-hybridized carbons (Fsp3) is 0.143. The molecule has 0 fully saturated rings. The first-order valence-electron chi connectivity index (χ1n) is 6.77. The molecule has 0 saturated heterocycles. The largest absolute Gasteiger partial charge is 0.300 e. The maximum absolute atomic E-state index is 13.6. The van der Waals surface area contributed by atoms with Gasteiger partial charge in [0.05, 0.1) is 5.69 Å². The second-order valence-electron chi connectivity index (χ2n) is 4.81. The first kappa shape index (κ1) is 15.2. The SMILES string of the molecule is CCn1ncn2cc(S(=O)(=O)Nc3ccccc3F)cc2c1=O. The van der Waals surface area contributed by atoms with E-state index in [-0.39, 0.29) is 16.1 Å².